The molecular weight excluding hydrogens is 1150 g/mol. The molecule has 0 aliphatic heterocycles. The molecule has 0 atom stereocenters. The van der Waals surface area contributed by atoms with Gasteiger partial charge < -0.3 is 17.9 Å². The van der Waals surface area contributed by atoms with Crippen molar-refractivity contribution in [3.8, 4) is 33.6 Å². The summed E-state index contributed by atoms with van der Waals surface area (Å²) in [5, 5.41) is 25.5. The van der Waals surface area contributed by atoms with Crippen LogP contribution in [0.15, 0.2) is 279 Å². The van der Waals surface area contributed by atoms with Gasteiger partial charge >= 0.3 is 0 Å². The maximum Gasteiger partial charge on any atom is 0.0620 e. The summed E-state index contributed by atoms with van der Waals surface area (Å²) in [5.74, 6) is 0. The quantitative estimate of drug-likeness (QED) is 0.167. The second kappa shape index (κ2) is 17.2. The summed E-state index contributed by atoms with van der Waals surface area (Å²) in [5.41, 5.74) is 19.5. The van der Waals surface area contributed by atoms with Gasteiger partial charge in [0.15, 0.2) is 0 Å². The minimum atomic E-state index is 1.11. The van der Waals surface area contributed by atoms with E-state index in [0.717, 1.165) is 11.4 Å². The zero-order valence-corrected chi connectivity index (χ0v) is 50.8. The molecule has 0 radical (unpaired) electrons. The third kappa shape index (κ3) is 6.07. The van der Waals surface area contributed by atoms with Crippen LogP contribution in [0.25, 0.3) is 215 Å². The number of rotatable bonds is 4. The maximum atomic E-state index is 2.64. The van der Waals surface area contributed by atoms with Gasteiger partial charge in [-0.1, -0.05) is 158 Å². The van der Waals surface area contributed by atoms with E-state index < -0.39 is 0 Å². The van der Waals surface area contributed by atoms with Crippen molar-refractivity contribution in [3.63, 3.8) is 0 Å². The van der Waals surface area contributed by atoms with Crippen molar-refractivity contribution in [2.75, 3.05) is 0 Å². The molecule has 0 aliphatic rings. The molecule has 0 saturated carbocycles. The van der Waals surface area contributed by atoms with Crippen molar-refractivity contribution in [2.24, 2.45) is 0 Å². The molecule has 0 saturated heterocycles. The fourth-order valence-corrected chi connectivity index (χ4v) is 19.7. The third-order valence-electron chi connectivity index (χ3n) is 20.9. The zero-order chi connectivity index (χ0) is 59.3. The van der Waals surface area contributed by atoms with Crippen molar-refractivity contribution < 1.29 is 0 Å². The van der Waals surface area contributed by atoms with E-state index in [0.29, 0.717) is 0 Å². The molecule has 0 unspecified atom stereocenters. The number of thiophene rings is 2. The number of benzene rings is 15. The molecule has 6 heteroatoms. The van der Waals surface area contributed by atoms with Crippen molar-refractivity contribution in [2.45, 2.75) is 0 Å². The number of aromatic nitrogens is 4. The highest BCUT2D eigenvalue weighted by Crippen LogP contribution is 2.55. The summed E-state index contributed by atoms with van der Waals surface area (Å²) < 4.78 is 15.3. The second-order valence-electron chi connectivity index (χ2n) is 25.4. The number of para-hydroxylation sites is 4. The van der Waals surface area contributed by atoms with Crippen LogP contribution in [-0.2, 0) is 0 Å². The van der Waals surface area contributed by atoms with Crippen LogP contribution in [0.4, 0.5) is 0 Å². The number of nitrogens with zero attached hydrogens (tertiary/aromatic N) is 4. The zero-order valence-electron chi connectivity index (χ0n) is 49.2. The summed E-state index contributed by atoms with van der Waals surface area (Å²) in [6.07, 6.45) is 0. The van der Waals surface area contributed by atoms with Crippen LogP contribution in [0.2, 0.25) is 0 Å². The van der Waals surface area contributed by atoms with Gasteiger partial charge in [-0.25, -0.2) is 0 Å². The van der Waals surface area contributed by atoms with Gasteiger partial charge in [0.05, 0.1) is 55.2 Å². The smallest absolute Gasteiger partial charge is 0.0620 e. The third-order valence-corrected chi connectivity index (χ3v) is 23.3. The van der Waals surface area contributed by atoms with E-state index in [1.807, 2.05) is 22.7 Å². The lowest BCUT2D eigenvalue weighted by molar-refractivity contribution is 1.15. The minimum Gasteiger partial charge on any atom is -0.309 e. The summed E-state index contributed by atoms with van der Waals surface area (Å²) >= 11 is 3.90. The molecule has 422 valence electrons. The number of fused-ring (bicyclic) bond motifs is 28. The van der Waals surface area contributed by atoms with Crippen LogP contribution in [0.5, 0.6) is 0 Å². The van der Waals surface area contributed by atoms with Crippen LogP contribution < -0.4 is 0 Å². The largest absolute Gasteiger partial charge is 0.309 e. The fourth-order valence-electron chi connectivity index (χ4n) is 17.1. The summed E-state index contributed by atoms with van der Waals surface area (Å²) in [4.78, 5) is 0. The first kappa shape index (κ1) is 48.4. The Morgan fingerprint density at radius 1 is 0.217 bits per heavy atom. The first-order chi connectivity index (χ1) is 45.6. The van der Waals surface area contributed by atoms with Crippen LogP contribution in [0, 0.1) is 0 Å². The van der Waals surface area contributed by atoms with Crippen LogP contribution in [-0.4, -0.2) is 17.9 Å². The van der Waals surface area contributed by atoms with Gasteiger partial charge in [-0.05, 0) is 165 Å². The predicted octanol–water partition coefficient (Wildman–Crippen LogP) is 24.6. The topological polar surface area (TPSA) is 18.7 Å². The van der Waals surface area contributed by atoms with Crippen molar-refractivity contribution in [1.82, 2.24) is 17.9 Å². The normalized spacial score (nSPS) is 12.8. The molecule has 0 amide bonds. The second-order valence-corrected chi connectivity index (χ2v) is 27.5. The summed E-state index contributed by atoms with van der Waals surface area (Å²) in [7, 11) is 0. The lowest BCUT2D eigenvalue weighted by atomic mass is 9.92. The van der Waals surface area contributed by atoms with Gasteiger partial charge in [0, 0.05) is 116 Å². The Bertz CT molecular complexity index is 6840. The molecule has 0 N–H and O–H groups in total. The highest BCUT2D eigenvalue weighted by Gasteiger charge is 2.29. The predicted molar refractivity (Wildman–Crippen MR) is 396 cm³/mol. The Kier molecular flexibility index (Phi) is 9.07. The molecule has 0 bridgehead atoms. The Balaban J connectivity index is 0.883. The molecule has 8 heterocycles. The SMILES string of the molecule is c1ccc2cc3c(cc2c1)c1cc(-c2cc4c(c5sc6ccccc6c25)c2c5sc6ccccc6c5c(-c5cc6c7ccccc7n7c8cc9ccccc9cc8c(c5)c67)cc2n4-c2ccc(-n4c5ccccc5c5ccccc54)cc2)cc2c4ccccc4n3c21. The first-order valence-electron chi connectivity index (χ1n) is 31.7. The Hall–Kier alpha value is -11.5. The molecule has 0 fully saturated rings. The standard InChI is InChI=1S/C86H46N4S2/c1-3-19-49-43-73-63(37-47(49)17-1)67-41-51(39-65-57-23-7-13-29-71(57)89(73)83(65)67)61-45-75-81(85-79(61)59-25-9-15-31-77(59)91-85)82-76(88(75)54-35-33-53(34-36-54)87-69-27-11-5-21-55(69)56-22-6-12-28-70(56)87)46-62(80-60-26-10-16-32-78(60)92-86(80)82)52-40-66-58-24-8-14-30-72(58)90-74-44-50-20-4-2-18-48(50)38-64(74)68(42-52)84(66)90/h1-46H. The molecule has 0 aliphatic carbocycles. The highest BCUT2D eigenvalue weighted by atomic mass is 32.1. The van der Waals surface area contributed by atoms with Gasteiger partial charge in [0.2, 0.25) is 0 Å². The highest BCUT2D eigenvalue weighted by molar-refractivity contribution is 7.28. The van der Waals surface area contributed by atoms with Gasteiger partial charge in [0.1, 0.15) is 0 Å². The average molecular weight is 1200 g/mol. The molecule has 8 aromatic heterocycles. The molecule has 0 spiro atoms. The van der Waals surface area contributed by atoms with E-state index in [2.05, 4.69) is 297 Å². The van der Waals surface area contributed by atoms with Crippen molar-refractivity contribution in [3.05, 3.63) is 279 Å². The monoisotopic (exact) mass is 1200 g/mol. The van der Waals surface area contributed by atoms with E-state index in [9.17, 15) is 0 Å². The van der Waals surface area contributed by atoms with E-state index in [4.69, 9.17) is 0 Å². The Labute approximate surface area is 531 Å². The van der Waals surface area contributed by atoms with E-state index in [1.165, 1.54) is 204 Å². The first-order valence-corrected chi connectivity index (χ1v) is 33.3. The molecular formula is C86H46N4S2. The number of hydrogen-bond acceptors (Lipinski definition) is 2. The summed E-state index contributed by atoms with van der Waals surface area (Å²) in [6.45, 7) is 0. The van der Waals surface area contributed by atoms with Gasteiger partial charge in [-0.2, -0.15) is 0 Å². The Morgan fingerprint density at radius 3 is 0.967 bits per heavy atom. The van der Waals surface area contributed by atoms with Crippen LogP contribution >= 0.6 is 22.7 Å². The molecule has 4 nitrogen and oxygen atoms in total. The van der Waals surface area contributed by atoms with Crippen LogP contribution in [0.1, 0.15) is 0 Å². The molecule has 23 aromatic rings. The summed E-state index contributed by atoms with van der Waals surface area (Å²) in [6, 6.07) is 106. The Morgan fingerprint density at radius 2 is 0.543 bits per heavy atom. The van der Waals surface area contributed by atoms with E-state index >= 15 is 0 Å². The van der Waals surface area contributed by atoms with Gasteiger partial charge in [-0.15, -0.1) is 22.7 Å². The van der Waals surface area contributed by atoms with E-state index in [-0.39, 0.29) is 0 Å². The van der Waals surface area contributed by atoms with Crippen molar-refractivity contribution in [1.29, 1.82) is 0 Å². The molecule has 23 rings (SSSR count). The van der Waals surface area contributed by atoms with Gasteiger partial charge in [-0.3, -0.25) is 0 Å². The lowest BCUT2D eigenvalue weighted by Crippen LogP contribution is -1.98. The fraction of sp³-hybridized carbons (Fsp3) is 0. The molecule has 92 heavy (non-hydrogen) atoms. The lowest BCUT2D eigenvalue weighted by Gasteiger charge is -2.14. The van der Waals surface area contributed by atoms with Crippen molar-refractivity contribution >= 4 is 204 Å². The maximum absolute atomic E-state index is 2.64. The van der Waals surface area contributed by atoms with E-state index in [1.54, 1.807) is 0 Å². The average Bonchev–Trinajstić information content (AvgIpc) is 1.55. The molecule has 15 aromatic carbocycles. The van der Waals surface area contributed by atoms with Gasteiger partial charge in [0.25, 0.3) is 0 Å². The van der Waals surface area contributed by atoms with Crippen LogP contribution in [0.3, 0.4) is 0 Å². The number of hydrogen-bond donors (Lipinski definition) is 0. The minimum absolute atomic E-state index is 1.11.